The number of hydrogen-bond donors (Lipinski definition) is 2. The first-order chi connectivity index (χ1) is 8.96. The summed E-state index contributed by atoms with van der Waals surface area (Å²) in [5.74, 6) is -1.32. The number of hydrogen-bond acceptors (Lipinski definition) is 5. The van der Waals surface area contributed by atoms with E-state index in [9.17, 15) is 23.4 Å². The predicted octanol–water partition coefficient (Wildman–Crippen LogP) is 0.986. The van der Waals surface area contributed by atoms with Gasteiger partial charge in [0.2, 0.25) is 10.0 Å². The van der Waals surface area contributed by atoms with Gasteiger partial charge in [-0.25, -0.2) is 13.2 Å². The summed E-state index contributed by atoms with van der Waals surface area (Å²) in [6.45, 7) is 5.46. The SMILES string of the molecule is Cc1oc(C)c(S(=O)(=O)N(C)C(C)(C)CO)c1C(=O)O. The molecular weight excluding hydrogens is 286 g/mol. The van der Waals surface area contributed by atoms with E-state index in [0.717, 1.165) is 4.31 Å². The van der Waals surface area contributed by atoms with Gasteiger partial charge < -0.3 is 14.6 Å². The van der Waals surface area contributed by atoms with E-state index in [-0.39, 0.29) is 22.0 Å². The number of aryl methyl sites for hydroxylation is 2. The lowest BCUT2D eigenvalue weighted by atomic mass is 10.1. The lowest BCUT2D eigenvalue weighted by Crippen LogP contribution is -2.47. The number of likely N-dealkylation sites (N-methyl/N-ethyl adjacent to an activating group) is 1. The molecule has 0 spiro atoms. The number of aliphatic hydroxyl groups excluding tert-OH is 1. The molecule has 0 aliphatic rings. The molecule has 1 aromatic heterocycles. The number of aliphatic hydroxyl groups is 1. The molecule has 0 saturated carbocycles. The Labute approximate surface area is 117 Å². The van der Waals surface area contributed by atoms with Crippen molar-refractivity contribution < 1.29 is 27.8 Å². The molecule has 0 bridgehead atoms. The van der Waals surface area contributed by atoms with Crippen LogP contribution in [0.5, 0.6) is 0 Å². The van der Waals surface area contributed by atoms with Crippen molar-refractivity contribution in [2.45, 2.75) is 38.1 Å². The van der Waals surface area contributed by atoms with E-state index in [2.05, 4.69) is 0 Å². The van der Waals surface area contributed by atoms with Crippen LogP contribution in [0, 0.1) is 13.8 Å². The van der Waals surface area contributed by atoms with Crippen LogP contribution in [0.3, 0.4) is 0 Å². The Bertz CT molecular complexity index is 629. The van der Waals surface area contributed by atoms with Crippen molar-refractivity contribution in [3.05, 3.63) is 17.1 Å². The van der Waals surface area contributed by atoms with Gasteiger partial charge in [0.15, 0.2) is 0 Å². The van der Waals surface area contributed by atoms with Crippen LogP contribution in [-0.2, 0) is 10.0 Å². The summed E-state index contributed by atoms with van der Waals surface area (Å²) in [4.78, 5) is 10.9. The van der Waals surface area contributed by atoms with Crippen LogP contribution < -0.4 is 0 Å². The number of carboxylic acids is 1. The number of carbonyl (C=O) groups is 1. The van der Waals surface area contributed by atoms with Crippen molar-refractivity contribution in [2.75, 3.05) is 13.7 Å². The zero-order valence-corrected chi connectivity index (χ0v) is 12.9. The molecule has 1 aromatic rings. The number of nitrogens with zero attached hydrogens (tertiary/aromatic N) is 1. The molecule has 0 saturated heterocycles. The monoisotopic (exact) mass is 305 g/mol. The molecule has 2 N–H and O–H groups in total. The van der Waals surface area contributed by atoms with E-state index in [0.29, 0.717) is 0 Å². The molecule has 8 heteroatoms. The van der Waals surface area contributed by atoms with Crippen LogP contribution in [-0.4, -0.2) is 48.1 Å². The van der Waals surface area contributed by atoms with Gasteiger partial charge in [-0.15, -0.1) is 0 Å². The molecule has 0 fully saturated rings. The van der Waals surface area contributed by atoms with E-state index >= 15 is 0 Å². The second kappa shape index (κ2) is 5.19. The molecule has 20 heavy (non-hydrogen) atoms. The Morgan fingerprint density at radius 2 is 1.80 bits per heavy atom. The number of rotatable bonds is 5. The van der Waals surface area contributed by atoms with E-state index in [1.807, 2.05) is 0 Å². The maximum absolute atomic E-state index is 12.6. The summed E-state index contributed by atoms with van der Waals surface area (Å²) in [5.41, 5.74) is -1.44. The van der Waals surface area contributed by atoms with Gasteiger partial charge in [-0.2, -0.15) is 4.31 Å². The van der Waals surface area contributed by atoms with Crippen molar-refractivity contribution in [3.63, 3.8) is 0 Å². The van der Waals surface area contributed by atoms with Gasteiger partial charge in [0.1, 0.15) is 22.0 Å². The maximum atomic E-state index is 12.6. The van der Waals surface area contributed by atoms with Crippen molar-refractivity contribution >= 4 is 16.0 Å². The van der Waals surface area contributed by atoms with Gasteiger partial charge in [-0.1, -0.05) is 0 Å². The average Bonchev–Trinajstić information content (AvgIpc) is 2.63. The Kier molecular flexibility index (Phi) is 4.33. The van der Waals surface area contributed by atoms with Crippen LogP contribution >= 0.6 is 0 Å². The minimum absolute atomic E-state index is 0.0143. The molecule has 0 radical (unpaired) electrons. The quantitative estimate of drug-likeness (QED) is 0.839. The lowest BCUT2D eigenvalue weighted by Gasteiger charge is -2.32. The molecule has 0 aromatic carbocycles. The zero-order valence-electron chi connectivity index (χ0n) is 12.1. The fraction of sp³-hybridized carbons (Fsp3) is 0.583. The first-order valence-corrected chi connectivity index (χ1v) is 7.34. The standard InChI is InChI=1S/C12H19NO6S/c1-7-9(11(15)16)10(8(2)19-7)20(17,18)13(5)12(3,4)6-14/h14H,6H2,1-5H3,(H,15,16). The first-order valence-electron chi connectivity index (χ1n) is 5.90. The minimum atomic E-state index is -4.10. The molecule has 7 nitrogen and oxygen atoms in total. The molecule has 0 aliphatic carbocycles. The third kappa shape index (κ3) is 2.58. The van der Waals surface area contributed by atoms with Gasteiger partial charge in [-0.05, 0) is 27.7 Å². The third-order valence-electron chi connectivity index (χ3n) is 3.28. The second-order valence-electron chi connectivity index (χ2n) is 5.17. The van der Waals surface area contributed by atoms with Crippen LogP contribution in [0.2, 0.25) is 0 Å². The number of aromatic carboxylic acids is 1. The summed E-state index contributed by atoms with van der Waals surface area (Å²) in [7, 11) is -2.80. The van der Waals surface area contributed by atoms with Crippen molar-refractivity contribution in [3.8, 4) is 0 Å². The summed E-state index contributed by atoms with van der Waals surface area (Å²) in [6.07, 6.45) is 0. The lowest BCUT2D eigenvalue weighted by molar-refractivity contribution is 0.0690. The Morgan fingerprint density at radius 3 is 2.20 bits per heavy atom. The fourth-order valence-electron chi connectivity index (χ4n) is 1.78. The molecule has 1 heterocycles. The van der Waals surface area contributed by atoms with Gasteiger partial charge in [0.25, 0.3) is 0 Å². The highest BCUT2D eigenvalue weighted by molar-refractivity contribution is 7.89. The highest BCUT2D eigenvalue weighted by atomic mass is 32.2. The van der Waals surface area contributed by atoms with Crippen LogP contribution in [0.15, 0.2) is 9.31 Å². The molecule has 1 rings (SSSR count). The van der Waals surface area contributed by atoms with Gasteiger partial charge in [-0.3, -0.25) is 0 Å². The molecule has 0 unspecified atom stereocenters. The van der Waals surface area contributed by atoms with Gasteiger partial charge in [0, 0.05) is 7.05 Å². The van der Waals surface area contributed by atoms with Gasteiger partial charge >= 0.3 is 5.97 Å². The van der Waals surface area contributed by atoms with Crippen LogP contribution in [0.25, 0.3) is 0 Å². The number of furan rings is 1. The predicted molar refractivity (Wildman–Crippen MR) is 71.3 cm³/mol. The Hall–Kier alpha value is -1.38. The summed E-state index contributed by atoms with van der Waals surface area (Å²) in [6, 6.07) is 0. The normalized spacial score (nSPS) is 12.9. The largest absolute Gasteiger partial charge is 0.478 e. The van der Waals surface area contributed by atoms with Crippen LogP contribution in [0.4, 0.5) is 0 Å². The van der Waals surface area contributed by atoms with E-state index in [1.54, 1.807) is 0 Å². The van der Waals surface area contributed by atoms with E-state index in [1.165, 1.54) is 34.7 Å². The Balaban J connectivity index is 3.56. The second-order valence-corrected chi connectivity index (χ2v) is 7.07. The minimum Gasteiger partial charge on any atom is -0.478 e. The molecular formula is C12H19NO6S. The highest BCUT2D eigenvalue weighted by Crippen LogP contribution is 2.31. The maximum Gasteiger partial charge on any atom is 0.340 e. The smallest absolute Gasteiger partial charge is 0.340 e. The zero-order chi connectivity index (χ0) is 15.9. The Morgan fingerprint density at radius 1 is 1.30 bits per heavy atom. The van der Waals surface area contributed by atoms with E-state index < -0.39 is 28.1 Å². The van der Waals surface area contributed by atoms with Crippen molar-refractivity contribution in [1.82, 2.24) is 4.31 Å². The molecule has 0 aliphatic heterocycles. The van der Waals surface area contributed by atoms with Gasteiger partial charge in [0.05, 0.1) is 12.1 Å². The summed E-state index contributed by atoms with van der Waals surface area (Å²) < 4.78 is 31.3. The van der Waals surface area contributed by atoms with Crippen LogP contribution in [0.1, 0.15) is 35.7 Å². The molecule has 114 valence electrons. The topological polar surface area (TPSA) is 108 Å². The third-order valence-corrected chi connectivity index (χ3v) is 5.50. The van der Waals surface area contributed by atoms with E-state index in [4.69, 9.17) is 4.42 Å². The van der Waals surface area contributed by atoms with Crippen molar-refractivity contribution in [1.29, 1.82) is 0 Å². The first kappa shape index (κ1) is 16.7. The average molecular weight is 305 g/mol. The molecule has 0 amide bonds. The molecule has 0 atom stereocenters. The summed E-state index contributed by atoms with van der Waals surface area (Å²) >= 11 is 0. The fourth-order valence-corrected chi connectivity index (χ4v) is 3.66. The number of sulfonamides is 1. The summed E-state index contributed by atoms with van der Waals surface area (Å²) in [5, 5.41) is 18.5. The number of carboxylic acid groups (broad SMARTS) is 1. The van der Waals surface area contributed by atoms with Crippen molar-refractivity contribution in [2.24, 2.45) is 0 Å². The highest BCUT2D eigenvalue weighted by Gasteiger charge is 2.39.